The van der Waals surface area contributed by atoms with Crippen LogP contribution in [-0.2, 0) is 0 Å². The van der Waals surface area contributed by atoms with Crippen molar-refractivity contribution in [3.8, 4) is 0 Å². The highest BCUT2D eigenvalue weighted by atomic mass is 15.0. The first kappa shape index (κ1) is 7.56. The van der Waals surface area contributed by atoms with Crippen molar-refractivity contribution in [2.45, 2.75) is 6.42 Å². The molecule has 2 aliphatic rings. The van der Waals surface area contributed by atoms with E-state index in [0.717, 1.165) is 29.2 Å². The van der Waals surface area contributed by atoms with E-state index in [1.165, 1.54) is 0 Å². The summed E-state index contributed by atoms with van der Waals surface area (Å²) in [5.41, 5.74) is 4.05. The zero-order valence-electron chi connectivity index (χ0n) is 7.62. The van der Waals surface area contributed by atoms with Crippen molar-refractivity contribution in [3.05, 3.63) is 48.2 Å². The summed E-state index contributed by atoms with van der Waals surface area (Å²) in [6.45, 7) is 0. The molecule has 0 saturated carbocycles. The van der Waals surface area contributed by atoms with E-state index in [-0.39, 0.29) is 0 Å². The normalized spacial score (nSPS) is 17.4. The maximum Gasteiger partial charge on any atom is 0.0872 e. The Morgan fingerprint density at radius 2 is 2.21 bits per heavy atom. The van der Waals surface area contributed by atoms with Crippen molar-refractivity contribution in [1.82, 2.24) is 0 Å². The van der Waals surface area contributed by atoms with Crippen LogP contribution in [0.3, 0.4) is 0 Å². The number of nitrogens with one attached hydrogen (secondary N) is 1. The van der Waals surface area contributed by atoms with E-state index in [0.29, 0.717) is 0 Å². The third-order valence-electron chi connectivity index (χ3n) is 2.33. The lowest BCUT2D eigenvalue weighted by molar-refractivity contribution is 1.25. The van der Waals surface area contributed by atoms with E-state index < -0.39 is 0 Å². The van der Waals surface area contributed by atoms with Crippen LogP contribution < -0.4 is 5.32 Å². The molecule has 1 aromatic rings. The zero-order chi connectivity index (χ0) is 9.38. The largest absolute Gasteiger partial charge is 0.352 e. The Kier molecular flexibility index (Phi) is 1.53. The second-order valence-electron chi connectivity index (χ2n) is 3.30. The summed E-state index contributed by atoms with van der Waals surface area (Å²) in [5, 5.41) is 3.32. The number of hydrogen-bond acceptors (Lipinski definition) is 2. The van der Waals surface area contributed by atoms with Gasteiger partial charge in [0.15, 0.2) is 0 Å². The molecule has 3 rings (SSSR count). The number of nitrogens with zero attached hydrogens (tertiary/aromatic N) is 1. The minimum Gasteiger partial charge on any atom is -0.352 e. The number of hydrogen-bond donors (Lipinski definition) is 1. The lowest BCUT2D eigenvalue weighted by atomic mass is 10.1. The molecule has 67 valence electrons. The Morgan fingerprint density at radius 1 is 1.29 bits per heavy atom. The van der Waals surface area contributed by atoms with Gasteiger partial charge in [-0.05, 0) is 30.7 Å². The summed E-state index contributed by atoms with van der Waals surface area (Å²) in [4.78, 5) is 4.54. The molecule has 0 aromatic heterocycles. The Hall–Kier alpha value is -1.83. The Labute approximate surface area is 82.7 Å². The van der Waals surface area contributed by atoms with Gasteiger partial charge in [0.1, 0.15) is 0 Å². The Morgan fingerprint density at radius 3 is 3.21 bits per heavy atom. The van der Waals surface area contributed by atoms with Gasteiger partial charge in [-0.1, -0.05) is 18.2 Å². The lowest BCUT2D eigenvalue weighted by Gasteiger charge is -2.20. The summed E-state index contributed by atoms with van der Waals surface area (Å²) < 4.78 is 0. The number of aliphatic imine (C=N–C) groups is 1. The van der Waals surface area contributed by atoms with Gasteiger partial charge in [0.05, 0.1) is 22.8 Å². The lowest BCUT2D eigenvalue weighted by Crippen LogP contribution is -2.15. The van der Waals surface area contributed by atoms with Gasteiger partial charge in [0.25, 0.3) is 0 Å². The van der Waals surface area contributed by atoms with Gasteiger partial charge in [-0.15, -0.1) is 0 Å². The van der Waals surface area contributed by atoms with E-state index >= 15 is 0 Å². The summed E-state index contributed by atoms with van der Waals surface area (Å²) >= 11 is 0. The average molecular weight is 181 g/mol. The molecule has 1 aromatic carbocycles. The smallest absolute Gasteiger partial charge is 0.0872 e. The van der Waals surface area contributed by atoms with E-state index in [1.54, 1.807) is 0 Å². The third-order valence-corrected chi connectivity index (χ3v) is 2.33. The first-order chi connectivity index (χ1) is 6.93. The van der Waals surface area contributed by atoms with Crippen LogP contribution in [0.5, 0.6) is 0 Å². The number of para-hydroxylation sites is 2. The minimum atomic E-state index is 0.865. The molecule has 1 heterocycles. The van der Waals surface area contributed by atoms with Crippen molar-refractivity contribution in [3.63, 3.8) is 0 Å². The molecule has 0 fully saturated rings. The zero-order valence-corrected chi connectivity index (χ0v) is 7.62. The topological polar surface area (TPSA) is 24.4 Å². The predicted molar refractivity (Wildman–Crippen MR) is 57.7 cm³/mol. The quantitative estimate of drug-likeness (QED) is 0.653. The molecule has 2 heteroatoms. The molecule has 0 atom stereocenters. The molecular weight excluding hydrogens is 172 g/mol. The molecule has 0 bridgehead atoms. The maximum absolute atomic E-state index is 4.54. The van der Waals surface area contributed by atoms with E-state index in [1.807, 2.05) is 30.3 Å². The molecule has 2 nitrogen and oxygen atoms in total. The van der Waals surface area contributed by atoms with Gasteiger partial charge in [0, 0.05) is 0 Å². The van der Waals surface area contributed by atoms with Gasteiger partial charge < -0.3 is 5.32 Å². The highest BCUT2D eigenvalue weighted by Crippen LogP contribution is 2.31. The first-order valence-electron chi connectivity index (χ1n) is 4.66. The minimum absolute atomic E-state index is 0.865. The number of benzene rings is 1. The van der Waals surface area contributed by atoms with E-state index in [2.05, 4.69) is 22.5 Å². The standard InChI is InChI=1S/C12H9N2/c1-2-6-10-9(5-1)13-11-7-3-4-8-12(11)14-10/h1-3,5-7,14H,4H2. The van der Waals surface area contributed by atoms with Crippen LogP contribution in [0.1, 0.15) is 6.42 Å². The highest BCUT2D eigenvalue weighted by molar-refractivity contribution is 6.14. The monoisotopic (exact) mass is 181 g/mol. The number of allylic oxidation sites excluding steroid dienone is 3. The van der Waals surface area contributed by atoms with E-state index in [4.69, 9.17) is 0 Å². The SMILES string of the molecule is [C]1=C2Nc3ccccc3N=C2C=CC1. The second-order valence-corrected chi connectivity index (χ2v) is 3.30. The fourth-order valence-corrected chi connectivity index (χ4v) is 1.65. The van der Waals surface area contributed by atoms with Crippen molar-refractivity contribution >= 4 is 17.1 Å². The van der Waals surface area contributed by atoms with E-state index in [9.17, 15) is 0 Å². The third kappa shape index (κ3) is 1.08. The number of anilines is 1. The molecule has 1 N–H and O–H groups in total. The number of rotatable bonds is 0. The average Bonchev–Trinajstić information content (AvgIpc) is 2.26. The molecule has 0 saturated heterocycles. The van der Waals surface area contributed by atoms with Crippen molar-refractivity contribution in [2.24, 2.45) is 4.99 Å². The molecule has 14 heavy (non-hydrogen) atoms. The predicted octanol–water partition coefficient (Wildman–Crippen LogP) is 2.83. The Balaban J connectivity index is 2.17. The molecule has 1 aliphatic heterocycles. The first-order valence-corrected chi connectivity index (χ1v) is 4.66. The van der Waals surface area contributed by atoms with Gasteiger partial charge in [-0.25, -0.2) is 4.99 Å². The summed E-state index contributed by atoms with van der Waals surface area (Å²) in [6.07, 6.45) is 8.22. The van der Waals surface area contributed by atoms with Crippen LogP contribution in [0.15, 0.2) is 47.1 Å². The van der Waals surface area contributed by atoms with Crippen molar-refractivity contribution in [2.75, 3.05) is 5.32 Å². The van der Waals surface area contributed by atoms with Crippen molar-refractivity contribution in [1.29, 1.82) is 0 Å². The summed E-state index contributed by atoms with van der Waals surface area (Å²) in [7, 11) is 0. The molecular formula is C12H9N2. The van der Waals surface area contributed by atoms with Gasteiger partial charge in [-0.3, -0.25) is 0 Å². The molecule has 1 aliphatic carbocycles. The fourth-order valence-electron chi connectivity index (χ4n) is 1.65. The van der Waals surface area contributed by atoms with Crippen LogP contribution >= 0.6 is 0 Å². The molecule has 0 unspecified atom stereocenters. The van der Waals surface area contributed by atoms with Gasteiger partial charge in [0.2, 0.25) is 0 Å². The maximum atomic E-state index is 4.54. The van der Waals surface area contributed by atoms with Gasteiger partial charge >= 0.3 is 0 Å². The molecule has 1 radical (unpaired) electrons. The summed E-state index contributed by atoms with van der Waals surface area (Å²) in [6, 6.07) is 8.04. The van der Waals surface area contributed by atoms with Crippen LogP contribution in [-0.4, -0.2) is 5.71 Å². The van der Waals surface area contributed by atoms with Crippen LogP contribution in [0.4, 0.5) is 11.4 Å². The van der Waals surface area contributed by atoms with Gasteiger partial charge in [-0.2, -0.15) is 0 Å². The van der Waals surface area contributed by atoms with Crippen molar-refractivity contribution < 1.29 is 0 Å². The second kappa shape index (κ2) is 2.84. The Bertz CT molecular complexity index is 467. The molecule has 0 spiro atoms. The fraction of sp³-hybridized carbons (Fsp3) is 0.0833. The van der Waals surface area contributed by atoms with Crippen LogP contribution in [0, 0.1) is 6.08 Å². The highest BCUT2D eigenvalue weighted by Gasteiger charge is 2.15. The number of fused-ring (bicyclic) bond motifs is 2. The van der Waals surface area contributed by atoms with Crippen LogP contribution in [0.25, 0.3) is 0 Å². The summed E-state index contributed by atoms with van der Waals surface area (Å²) in [5.74, 6) is 0. The molecule has 0 amide bonds. The van der Waals surface area contributed by atoms with Crippen LogP contribution in [0.2, 0.25) is 0 Å².